The third-order valence-electron chi connectivity index (χ3n) is 6.21. The van der Waals surface area contributed by atoms with Crippen LogP contribution in [0.2, 0.25) is 0 Å². The van der Waals surface area contributed by atoms with E-state index in [1.165, 1.54) is 18.2 Å². The topological polar surface area (TPSA) is 98.9 Å². The fourth-order valence-electron chi connectivity index (χ4n) is 4.27. The molecular weight excluding hydrogens is 484 g/mol. The summed E-state index contributed by atoms with van der Waals surface area (Å²) in [6.45, 7) is 3.84. The van der Waals surface area contributed by atoms with E-state index in [-0.39, 0.29) is 17.5 Å². The average Bonchev–Trinajstić information content (AvgIpc) is 3.41. The number of aryl methyl sites for hydroxylation is 1. The van der Waals surface area contributed by atoms with Crippen LogP contribution >= 0.6 is 11.8 Å². The predicted molar refractivity (Wildman–Crippen MR) is 142 cm³/mol. The number of hydrogen-bond acceptors (Lipinski definition) is 7. The molecule has 0 bridgehead atoms. The molecule has 8 nitrogen and oxygen atoms in total. The Balaban J connectivity index is 1.37. The molecule has 0 saturated carbocycles. The molecule has 1 fully saturated rings. The molecule has 37 heavy (non-hydrogen) atoms. The highest BCUT2D eigenvalue weighted by Gasteiger charge is 2.24. The molecule has 1 aliphatic rings. The third-order valence-corrected chi connectivity index (χ3v) is 7.19. The van der Waals surface area contributed by atoms with E-state index in [1.807, 2.05) is 67.6 Å². The first-order valence-electron chi connectivity index (χ1n) is 12.2. The number of pyridine rings is 1. The zero-order valence-electron chi connectivity index (χ0n) is 20.6. The number of benzene rings is 2. The molecule has 4 aromatic rings. The van der Waals surface area contributed by atoms with Gasteiger partial charge < -0.3 is 0 Å². The number of aromatic nitrogens is 3. The fraction of sp³-hybridized carbons (Fsp3) is 0.250. The van der Waals surface area contributed by atoms with Crippen LogP contribution in [0.15, 0.2) is 76.4 Å². The van der Waals surface area contributed by atoms with Crippen molar-refractivity contribution in [1.82, 2.24) is 10.3 Å². The Labute approximate surface area is 219 Å². The second-order valence-corrected chi connectivity index (χ2v) is 9.88. The lowest BCUT2D eigenvalue weighted by molar-refractivity contribution is -0.759. The van der Waals surface area contributed by atoms with Crippen molar-refractivity contribution in [2.24, 2.45) is 0 Å². The third kappa shape index (κ3) is 5.81. The van der Waals surface area contributed by atoms with Crippen LogP contribution in [-0.2, 0) is 4.79 Å². The van der Waals surface area contributed by atoms with Crippen molar-refractivity contribution in [1.29, 1.82) is 5.26 Å². The summed E-state index contributed by atoms with van der Waals surface area (Å²) < 4.78 is 5.31. The highest BCUT2D eigenvalue weighted by atomic mass is 32.2. The number of nitrogens with zero attached hydrogens (tertiary/aromatic N) is 5. The first-order valence-corrected chi connectivity index (χ1v) is 13.2. The van der Waals surface area contributed by atoms with Crippen LogP contribution in [0.5, 0.6) is 0 Å². The maximum Gasteiger partial charge on any atom is 0.305 e. The minimum atomic E-state index is -0.264. The van der Waals surface area contributed by atoms with Crippen molar-refractivity contribution in [3.05, 3.63) is 78.0 Å². The van der Waals surface area contributed by atoms with Gasteiger partial charge in [0.25, 0.3) is 6.20 Å². The van der Waals surface area contributed by atoms with E-state index in [2.05, 4.69) is 21.7 Å². The molecule has 0 aliphatic carbocycles. The van der Waals surface area contributed by atoms with Gasteiger partial charge in [0.15, 0.2) is 0 Å². The Morgan fingerprint density at radius 2 is 1.86 bits per heavy atom. The van der Waals surface area contributed by atoms with Gasteiger partial charge in [-0.1, -0.05) is 71.9 Å². The Kier molecular flexibility index (Phi) is 7.47. The van der Waals surface area contributed by atoms with Crippen LogP contribution in [0.25, 0.3) is 22.4 Å². The first kappa shape index (κ1) is 24.5. The minimum Gasteiger partial charge on any atom is -0.288 e. The van der Waals surface area contributed by atoms with Crippen molar-refractivity contribution < 1.29 is 14.1 Å². The number of rotatable bonds is 7. The lowest BCUT2D eigenvalue weighted by atomic mass is 9.98. The number of carbonyl (C=O) groups excluding carboxylic acids is 1. The normalized spacial score (nSPS) is 13.2. The van der Waals surface area contributed by atoms with Gasteiger partial charge in [0.05, 0.1) is 34.9 Å². The summed E-state index contributed by atoms with van der Waals surface area (Å²) in [7, 11) is 0. The average molecular weight is 512 g/mol. The number of carbonyl (C=O) groups is 1. The molecule has 0 radical (unpaired) electrons. The SMILES string of the molecule is Cc1ccc(-c2cc(-c3ccccc3)nc(SCC(=O)Nc3c[n+](N4CCCCC4)no3)c2C#N)cc1. The van der Waals surface area contributed by atoms with E-state index in [9.17, 15) is 10.1 Å². The van der Waals surface area contributed by atoms with Gasteiger partial charge in [-0.05, 0) is 37.8 Å². The van der Waals surface area contributed by atoms with Gasteiger partial charge in [-0.25, -0.2) is 4.98 Å². The summed E-state index contributed by atoms with van der Waals surface area (Å²) in [5.74, 6) is 0.0835. The quantitative estimate of drug-likeness (QED) is 0.283. The van der Waals surface area contributed by atoms with E-state index >= 15 is 0 Å². The number of amides is 1. The zero-order chi connectivity index (χ0) is 25.6. The molecule has 5 rings (SSSR count). The monoisotopic (exact) mass is 511 g/mol. The van der Waals surface area contributed by atoms with Crippen LogP contribution in [0.4, 0.5) is 5.88 Å². The van der Waals surface area contributed by atoms with Gasteiger partial charge in [0.1, 0.15) is 11.1 Å². The van der Waals surface area contributed by atoms with E-state index < -0.39 is 0 Å². The Morgan fingerprint density at radius 1 is 1.11 bits per heavy atom. The predicted octanol–water partition coefficient (Wildman–Crippen LogP) is 4.72. The Hall–Kier alpha value is -4.16. The molecule has 3 heterocycles. The van der Waals surface area contributed by atoms with Crippen LogP contribution in [-0.4, -0.2) is 35.0 Å². The molecule has 1 saturated heterocycles. The first-order chi connectivity index (χ1) is 18.1. The smallest absolute Gasteiger partial charge is 0.288 e. The van der Waals surface area contributed by atoms with Crippen molar-refractivity contribution in [2.75, 3.05) is 29.2 Å². The van der Waals surface area contributed by atoms with E-state index in [0.29, 0.717) is 10.6 Å². The maximum absolute atomic E-state index is 12.8. The van der Waals surface area contributed by atoms with Crippen LogP contribution in [0.1, 0.15) is 30.4 Å². The van der Waals surface area contributed by atoms with E-state index in [4.69, 9.17) is 9.51 Å². The van der Waals surface area contributed by atoms with Crippen molar-refractivity contribution >= 4 is 23.6 Å². The van der Waals surface area contributed by atoms with Gasteiger partial charge >= 0.3 is 5.88 Å². The van der Waals surface area contributed by atoms with Gasteiger partial charge in [0, 0.05) is 11.1 Å². The highest BCUT2D eigenvalue weighted by molar-refractivity contribution is 8.00. The summed E-state index contributed by atoms with van der Waals surface area (Å²) in [4.78, 5) is 19.2. The second-order valence-electron chi connectivity index (χ2n) is 8.92. The fourth-order valence-corrected chi connectivity index (χ4v) is 5.07. The highest BCUT2D eigenvalue weighted by Crippen LogP contribution is 2.34. The molecule has 1 amide bonds. The van der Waals surface area contributed by atoms with Gasteiger partial charge in [-0.2, -0.15) is 10.3 Å². The number of hydrogen-bond donors (Lipinski definition) is 1. The largest absolute Gasteiger partial charge is 0.305 e. The van der Waals surface area contributed by atoms with E-state index in [1.54, 1.807) is 11.0 Å². The summed E-state index contributed by atoms with van der Waals surface area (Å²) in [5, 5.41) is 19.5. The standard InChI is InChI=1S/C28H26N6O2S/c1-20-10-12-21(13-11-20)23-16-25(22-8-4-2-5-9-22)30-28(24(23)17-29)37-19-26(35)31-27-18-34(32-36-27)33-14-6-3-7-15-33/h2,4-5,8-13,16,18H,3,6-7,14-15,19H2,1H3/p+1. The summed E-state index contributed by atoms with van der Waals surface area (Å²) in [5.41, 5.74) is 4.99. The number of anilines is 1. The molecule has 0 unspecified atom stereocenters. The van der Waals surface area contributed by atoms with Crippen molar-refractivity contribution in [3.8, 4) is 28.5 Å². The lowest BCUT2D eigenvalue weighted by Crippen LogP contribution is -2.60. The molecule has 186 valence electrons. The van der Waals surface area contributed by atoms with Gasteiger partial charge in [-0.15, -0.1) is 0 Å². The van der Waals surface area contributed by atoms with E-state index in [0.717, 1.165) is 53.9 Å². The Bertz CT molecular complexity index is 1420. The van der Waals surface area contributed by atoms with Crippen LogP contribution < -0.4 is 15.1 Å². The summed E-state index contributed by atoms with van der Waals surface area (Å²) in [6, 6.07) is 22.1. The van der Waals surface area contributed by atoms with Gasteiger partial charge in [0.2, 0.25) is 11.2 Å². The summed E-state index contributed by atoms with van der Waals surface area (Å²) >= 11 is 1.23. The molecule has 0 atom stereocenters. The second kappa shape index (κ2) is 11.3. The molecule has 1 aliphatic heterocycles. The molecule has 9 heteroatoms. The minimum absolute atomic E-state index is 0.0671. The molecule has 2 aromatic carbocycles. The Morgan fingerprint density at radius 3 is 2.59 bits per heavy atom. The zero-order valence-corrected chi connectivity index (χ0v) is 21.4. The summed E-state index contributed by atoms with van der Waals surface area (Å²) in [6.07, 6.45) is 5.11. The van der Waals surface area contributed by atoms with Gasteiger partial charge in [-0.3, -0.25) is 14.6 Å². The molecular formula is C28H27N6O2S+. The number of nitrogens with one attached hydrogen (secondary N) is 1. The van der Waals surface area contributed by atoms with Crippen LogP contribution in [0, 0.1) is 18.3 Å². The van der Waals surface area contributed by atoms with Crippen molar-refractivity contribution in [3.63, 3.8) is 0 Å². The molecule has 1 N–H and O–H groups in total. The molecule has 2 aromatic heterocycles. The maximum atomic E-state index is 12.8. The number of piperidine rings is 1. The number of nitriles is 1. The number of thioether (sulfide) groups is 1. The lowest BCUT2D eigenvalue weighted by Gasteiger charge is -2.17. The molecule has 0 spiro atoms. The van der Waals surface area contributed by atoms with Crippen LogP contribution in [0.3, 0.4) is 0 Å². The van der Waals surface area contributed by atoms with Crippen molar-refractivity contribution in [2.45, 2.75) is 31.2 Å².